The van der Waals surface area contributed by atoms with Gasteiger partial charge >= 0.3 is 0 Å². The largest absolute Gasteiger partial charge is 0.497 e. The molecule has 192 valence electrons. The number of hydrogen-bond donors (Lipinski definition) is 1. The normalized spacial score (nSPS) is 12.1. The number of halogens is 2. The zero-order valence-electron chi connectivity index (χ0n) is 20.3. The zero-order valence-corrected chi connectivity index (χ0v) is 22.6. The Morgan fingerprint density at radius 3 is 2.43 bits per heavy atom. The Labute approximate surface area is 217 Å². The molecule has 0 spiro atoms. The van der Waals surface area contributed by atoms with Crippen LogP contribution in [-0.2, 0) is 26.2 Å². The summed E-state index contributed by atoms with van der Waals surface area (Å²) in [6.45, 7) is 2.02. The lowest BCUT2D eigenvalue weighted by Crippen LogP contribution is -2.48. The van der Waals surface area contributed by atoms with E-state index in [0.29, 0.717) is 33.5 Å². The van der Waals surface area contributed by atoms with Gasteiger partial charge < -0.3 is 15.0 Å². The summed E-state index contributed by atoms with van der Waals surface area (Å²) in [5, 5.41) is 3.46. The molecule has 1 atom stereocenters. The van der Waals surface area contributed by atoms with E-state index < -0.39 is 16.1 Å². The number of methoxy groups -OCH3 is 1. The van der Waals surface area contributed by atoms with Crippen LogP contribution in [0.25, 0.3) is 0 Å². The van der Waals surface area contributed by atoms with Crippen molar-refractivity contribution in [3.63, 3.8) is 0 Å². The topological polar surface area (TPSA) is 96.0 Å². The van der Waals surface area contributed by atoms with Crippen molar-refractivity contribution < 1.29 is 22.7 Å². The Morgan fingerprint density at radius 2 is 1.86 bits per heavy atom. The Morgan fingerprint density at radius 1 is 1.14 bits per heavy atom. The molecule has 11 heteroatoms. The van der Waals surface area contributed by atoms with Gasteiger partial charge in [0.1, 0.15) is 11.8 Å². The highest BCUT2D eigenvalue weighted by Crippen LogP contribution is 2.26. The van der Waals surface area contributed by atoms with Crippen LogP contribution < -0.4 is 14.4 Å². The van der Waals surface area contributed by atoms with E-state index in [1.165, 1.54) is 23.4 Å². The van der Waals surface area contributed by atoms with E-state index >= 15 is 0 Å². The van der Waals surface area contributed by atoms with Crippen LogP contribution in [0, 0.1) is 0 Å². The number of anilines is 1. The summed E-state index contributed by atoms with van der Waals surface area (Å²) < 4.78 is 31.3. The van der Waals surface area contributed by atoms with Gasteiger partial charge in [0.15, 0.2) is 0 Å². The summed E-state index contributed by atoms with van der Waals surface area (Å²) in [5.74, 6) is -0.0553. The first-order valence-electron chi connectivity index (χ1n) is 11.1. The molecule has 0 saturated carbocycles. The lowest BCUT2D eigenvalue weighted by molar-refractivity contribution is -0.141. The maximum absolute atomic E-state index is 13.3. The predicted octanol–water partition coefficient (Wildman–Crippen LogP) is 4.10. The van der Waals surface area contributed by atoms with Crippen LogP contribution >= 0.6 is 23.2 Å². The molecule has 0 bridgehead atoms. The predicted molar refractivity (Wildman–Crippen MR) is 140 cm³/mol. The molecule has 2 amide bonds. The summed E-state index contributed by atoms with van der Waals surface area (Å²) >= 11 is 12.3. The minimum atomic E-state index is -3.60. The van der Waals surface area contributed by atoms with E-state index in [1.807, 2.05) is 6.92 Å². The summed E-state index contributed by atoms with van der Waals surface area (Å²) in [6.07, 6.45) is 1.80. The summed E-state index contributed by atoms with van der Waals surface area (Å²) in [5.41, 5.74) is 1.10. The first-order chi connectivity index (χ1) is 16.5. The molecule has 1 unspecified atom stereocenters. The smallest absolute Gasteiger partial charge is 0.242 e. The first kappa shape index (κ1) is 28.7. The number of carbonyl (C=O) groups excluding carboxylic acids is 2. The van der Waals surface area contributed by atoms with E-state index in [2.05, 4.69) is 5.32 Å². The second-order valence-corrected chi connectivity index (χ2v) is 10.7. The maximum atomic E-state index is 13.3. The van der Waals surface area contributed by atoms with Gasteiger partial charge in [-0.2, -0.15) is 0 Å². The number of carbonyl (C=O) groups is 2. The second kappa shape index (κ2) is 13.0. The molecular formula is C24H31Cl2N3O5S. The van der Waals surface area contributed by atoms with Crippen molar-refractivity contribution in [2.75, 3.05) is 31.3 Å². The molecule has 0 aromatic heterocycles. The number of sulfonamides is 1. The molecule has 1 N–H and O–H groups in total. The highest BCUT2D eigenvalue weighted by Gasteiger charge is 2.28. The van der Waals surface area contributed by atoms with Gasteiger partial charge in [0.2, 0.25) is 21.8 Å². The van der Waals surface area contributed by atoms with Gasteiger partial charge in [-0.3, -0.25) is 13.9 Å². The first-order valence-corrected chi connectivity index (χ1v) is 13.7. The van der Waals surface area contributed by atoms with Crippen molar-refractivity contribution in [3.05, 3.63) is 58.1 Å². The van der Waals surface area contributed by atoms with Crippen LogP contribution in [0.15, 0.2) is 42.5 Å². The van der Waals surface area contributed by atoms with Crippen molar-refractivity contribution >= 4 is 50.7 Å². The van der Waals surface area contributed by atoms with E-state index in [1.54, 1.807) is 42.5 Å². The van der Waals surface area contributed by atoms with Crippen LogP contribution in [-0.4, -0.2) is 58.1 Å². The SMILES string of the molecule is CCC(C(=O)NC)N(Cc1ccc(Cl)cc1Cl)C(=O)CCCN(c1cccc(OC)c1)S(C)(=O)=O. The molecule has 0 radical (unpaired) electrons. The number of likely N-dealkylation sites (N-methyl/N-ethyl adjacent to an activating group) is 1. The number of ether oxygens (including phenoxy) is 1. The lowest BCUT2D eigenvalue weighted by atomic mass is 10.1. The fraction of sp³-hybridized carbons (Fsp3) is 0.417. The molecule has 0 heterocycles. The van der Waals surface area contributed by atoms with Crippen molar-refractivity contribution in [1.29, 1.82) is 0 Å². The van der Waals surface area contributed by atoms with E-state index in [0.717, 1.165) is 6.26 Å². The summed E-state index contributed by atoms with van der Waals surface area (Å²) in [7, 11) is -0.583. The van der Waals surface area contributed by atoms with Crippen LogP contribution in [0.3, 0.4) is 0 Å². The molecular weight excluding hydrogens is 513 g/mol. The van der Waals surface area contributed by atoms with Gasteiger partial charge in [0.25, 0.3) is 0 Å². The molecule has 0 aliphatic rings. The van der Waals surface area contributed by atoms with Gasteiger partial charge in [-0.15, -0.1) is 0 Å². The molecule has 0 fully saturated rings. The van der Waals surface area contributed by atoms with Crippen molar-refractivity contribution in [2.24, 2.45) is 0 Å². The van der Waals surface area contributed by atoms with Crippen molar-refractivity contribution in [3.8, 4) is 5.75 Å². The fourth-order valence-electron chi connectivity index (χ4n) is 3.69. The number of rotatable bonds is 12. The monoisotopic (exact) mass is 543 g/mol. The fourth-order valence-corrected chi connectivity index (χ4v) is 5.11. The zero-order chi connectivity index (χ0) is 26.2. The average Bonchev–Trinajstić information content (AvgIpc) is 2.81. The second-order valence-electron chi connectivity index (χ2n) is 7.94. The van der Waals surface area contributed by atoms with Crippen molar-refractivity contribution in [2.45, 2.75) is 38.8 Å². The third-order valence-electron chi connectivity index (χ3n) is 5.48. The highest BCUT2D eigenvalue weighted by atomic mass is 35.5. The quantitative estimate of drug-likeness (QED) is 0.434. The van der Waals surface area contributed by atoms with E-state index in [-0.39, 0.29) is 37.7 Å². The summed E-state index contributed by atoms with van der Waals surface area (Å²) in [4.78, 5) is 27.3. The molecule has 35 heavy (non-hydrogen) atoms. The van der Waals surface area contributed by atoms with Gasteiger partial charge in [-0.1, -0.05) is 42.3 Å². The molecule has 2 aromatic rings. The minimum Gasteiger partial charge on any atom is -0.497 e. The van der Waals surface area contributed by atoms with E-state index in [9.17, 15) is 18.0 Å². The molecule has 0 saturated heterocycles. The number of benzene rings is 2. The van der Waals surface area contributed by atoms with Crippen LogP contribution in [0.5, 0.6) is 5.75 Å². The molecule has 2 rings (SSSR count). The molecule has 2 aromatic carbocycles. The summed E-state index contributed by atoms with van der Waals surface area (Å²) in [6, 6.07) is 11.0. The van der Waals surface area contributed by atoms with Crippen LogP contribution in [0.4, 0.5) is 5.69 Å². The Balaban J connectivity index is 2.23. The standard InChI is InChI=1S/C24H31Cl2N3O5S/c1-5-22(24(31)27-2)28(16-17-11-12-18(25)14-21(17)26)23(30)10-7-13-29(35(4,32)33)19-8-6-9-20(15-19)34-3/h6,8-9,11-12,14-15,22H,5,7,10,13,16H2,1-4H3,(H,27,31). The van der Waals surface area contributed by atoms with Gasteiger partial charge in [0, 0.05) is 42.7 Å². The molecule has 0 aliphatic heterocycles. The van der Waals surface area contributed by atoms with Crippen molar-refractivity contribution in [1.82, 2.24) is 10.2 Å². The molecule has 0 aliphatic carbocycles. The number of nitrogens with one attached hydrogen (secondary N) is 1. The molecule has 8 nitrogen and oxygen atoms in total. The van der Waals surface area contributed by atoms with Crippen LogP contribution in [0.1, 0.15) is 31.7 Å². The van der Waals surface area contributed by atoms with E-state index in [4.69, 9.17) is 27.9 Å². The lowest BCUT2D eigenvalue weighted by Gasteiger charge is -2.31. The maximum Gasteiger partial charge on any atom is 0.242 e. The number of amides is 2. The third-order valence-corrected chi connectivity index (χ3v) is 7.26. The van der Waals surface area contributed by atoms with Gasteiger partial charge in [0.05, 0.1) is 19.1 Å². The highest BCUT2D eigenvalue weighted by molar-refractivity contribution is 7.92. The number of nitrogens with zero attached hydrogens (tertiary/aromatic N) is 2. The van der Waals surface area contributed by atoms with Gasteiger partial charge in [-0.25, -0.2) is 8.42 Å². The van der Waals surface area contributed by atoms with Gasteiger partial charge in [-0.05, 0) is 42.7 Å². The Bertz CT molecular complexity index is 1140. The van der Waals surface area contributed by atoms with Crippen LogP contribution in [0.2, 0.25) is 10.0 Å². The minimum absolute atomic E-state index is 0.0364. The Kier molecular flexibility index (Phi) is 10.7. The number of hydrogen-bond acceptors (Lipinski definition) is 5. The third kappa shape index (κ3) is 8.02. The Hall–Kier alpha value is -2.49. The average molecular weight is 545 g/mol.